The number of hydrogen-bond acceptors (Lipinski definition) is 4. The zero-order chi connectivity index (χ0) is 21.6. The molecular formula is C23H23FN2O4. The normalized spacial score (nSPS) is 11.0. The van der Waals surface area contributed by atoms with Crippen LogP contribution in [0, 0.1) is 5.82 Å². The summed E-state index contributed by atoms with van der Waals surface area (Å²) < 4.78 is 24.3. The van der Waals surface area contributed by atoms with Gasteiger partial charge >= 0.3 is 0 Å². The fourth-order valence-corrected chi connectivity index (χ4v) is 2.91. The lowest BCUT2D eigenvalue weighted by Crippen LogP contribution is -2.50. The van der Waals surface area contributed by atoms with Crippen LogP contribution in [0.3, 0.4) is 0 Å². The van der Waals surface area contributed by atoms with Crippen LogP contribution in [0.1, 0.15) is 19.6 Å². The highest BCUT2D eigenvalue weighted by molar-refractivity contribution is 5.95. The molecule has 0 radical (unpaired) electrons. The molecule has 3 rings (SSSR count). The van der Waals surface area contributed by atoms with Crippen molar-refractivity contribution in [2.75, 3.05) is 11.9 Å². The van der Waals surface area contributed by atoms with E-state index in [4.69, 9.17) is 9.15 Å². The third kappa shape index (κ3) is 5.70. The third-order valence-electron chi connectivity index (χ3n) is 4.31. The fraction of sp³-hybridized carbons (Fsp3) is 0.217. The van der Waals surface area contributed by atoms with E-state index in [0.717, 1.165) is 0 Å². The molecule has 6 nitrogen and oxygen atoms in total. The zero-order valence-electron chi connectivity index (χ0n) is 16.8. The predicted molar refractivity (Wildman–Crippen MR) is 110 cm³/mol. The molecule has 0 spiro atoms. The molecule has 30 heavy (non-hydrogen) atoms. The maximum absolute atomic E-state index is 13.3. The summed E-state index contributed by atoms with van der Waals surface area (Å²) in [4.78, 5) is 27.2. The minimum Gasteiger partial charge on any atom is -0.478 e. The molecule has 0 aliphatic rings. The third-order valence-corrected chi connectivity index (χ3v) is 4.31. The number of carbonyl (C=O) groups excluding carboxylic acids is 2. The van der Waals surface area contributed by atoms with Crippen molar-refractivity contribution in [3.8, 4) is 5.75 Å². The summed E-state index contributed by atoms with van der Waals surface area (Å²) in [6.45, 7) is 3.11. The van der Waals surface area contributed by atoms with Crippen LogP contribution in [-0.4, -0.2) is 28.9 Å². The number of benzene rings is 2. The van der Waals surface area contributed by atoms with Crippen LogP contribution in [0.25, 0.3) is 0 Å². The second-order valence-electron chi connectivity index (χ2n) is 7.22. The molecule has 156 valence electrons. The first-order chi connectivity index (χ1) is 14.3. The molecule has 0 aliphatic heterocycles. The quantitative estimate of drug-likeness (QED) is 0.603. The second kappa shape index (κ2) is 9.26. The standard InChI is InChI=1S/C23H23FN2O4/c1-23(2,30-19-12-10-17(24)11-13-19)22(28)26(15-20-9-6-14-29-20)16-21(27)25-18-7-4-3-5-8-18/h3-14H,15-16H2,1-2H3,(H,25,27). The number of nitrogens with one attached hydrogen (secondary N) is 1. The molecular weight excluding hydrogens is 387 g/mol. The lowest BCUT2D eigenvalue weighted by Gasteiger charge is -2.31. The average Bonchev–Trinajstić information content (AvgIpc) is 3.22. The van der Waals surface area contributed by atoms with E-state index in [1.807, 2.05) is 6.07 Å². The Morgan fingerprint density at radius 2 is 1.73 bits per heavy atom. The topological polar surface area (TPSA) is 71.8 Å². The van der Waals surface area contributed by atoms with Crippen LogP contribution >= 0.6 is 0 Å². The Bertz CT molecular complexity index is 970. The molecule has 0 bridgehead atoms. The first kappa shape index (κ1) is 21.1. The van der Waals surface area contributed by atoms with E-state index in [-0.39, 0.29) is 19.0 Å². The SMILES string of the molecule is CC(C)(Oc1ccc(F)cc1)C(=O)N(CC(=O)Nc1ccccc1)Cc1ccco1. The molecule has 7 heteroatoms. The van der Waals surface area contributed by atoms with Gasteiger partial charge < -0.3 is 19.4 Å². The van der Waals surface area contributed by atoms with Crippen LogP contribution in [0.4, 0.5) is 10.1 Å². The lowest BCUT2D eigenvalue weighted by atomic mass is 10.1. The summed E-state index contributed by atoms with van der Waals surface area (Å²) in [6, 6.07) is 17.8. The number of furan rings is 1. The first-order valence-electron chi connectivity index (χ1n) is 9.45. The summed E-state index contributed by atoms with van der Waals surface area (Å²) in [5.41, 5.74) is -0.660. The van der Waals surface area contributed by atoms with E-state index in [1.165, 1.54) is 35.4 Å². The Balaban J connectivity index is 1.75. The van der Waals surface area contributed by atoms with Gasteiger partial charge in [-0.1, -0.05) is 18.2 Å². The molecule has 1 N–H and O–H groups in total. The minimum absolute atomic E-state index is 0.101. The van der Waals surface area contributed by atoms with Gasteiger partial charge in [-0.15, -0.1) is 0 Å². The van der Waals surface area contributed by atoms with E-state index in [0.29, 0.717) is 17.2 Å². The van der Waals surface area contributed by atoms with Gasteiger partial charge in [0.1, 0.15) is 23.9 Å². The molecule has 3 aromatic rings. The van der Waals surface area contributed by atoms with Crippen LogP contribution in [0.15, 0.2) is 77.4 Å². The lowest BCUT2D eigenvalue weighted by molar-refractivity contribution is -0.148. The Hall–Kier alpha value is -3.61. The van der Waals surface area contributed by atoms with E-state index >= 15 is 0 Å². The van der Waals surface area contributed by atoms with Crippen molar-refractivity contribution in [2.24, 2.45) is 0 Å². The highest BCUT2D eigenvalue weighted by atomic mass is 19.1. The van der Waals surface area contributed by atoms with E-state index in [1.54, 1.807) is 50.2 Å². The molecule has 2 amide bonds. The monoisotopic (exact) mass is 410 g/mol. The molecule has 2 aromatic carbocycles. The molecule has 0 fully saturated rings. The van der Waals surface area contributed by atoms with Crippen LogP contribution in [0.5, 0.6) is 5.75 Å². The second-order valence-corrected chi connectivity index (χ2v) is 7.22. The first-order valence-corrected chi connectivity index (χ1v) is 9.45. The highest BCUT2D eigenvalue weighted by Gasteiger charge is 2.35. The number of hydrogen-bond donors (Lipinski definition) is 1. The Morgan fingerprint density at radius 3 is 2.37 bits per heavy atom. The highest BCUT2D eigenvalue weighted by Crippen LogP contribution is 2.22. The van der Waals surface area contributed by atoms with Crippen molar-refractivity contribution in [3.05, 3.63) is 84.6 Å². The number of halogens is 1. The van der Waals surface area contributed by atoms with Gasteiger partial charge in [0.25, 0.3) is 5.91 Å². The van der Waals surface area contributed by atoms with Gasteiger partial charge in [0.15, 0.2) is 5.60 Å². The maximum atomic E-state index is 13.3. The van der Waals surface area contributed by atoms with Crippen molar-refractivity contribution in [3.63, 3.8) is 0 Å². The van der Waals surface area contributed by atoms with Crippen molar-refractivity contribution in [2.45, 2.75) is 26.0 Å². The number of nitrogens with zero attached hydrogens (tertiary/aromatic N) is 1. The van der Waals surface area contributed by atoms with Crippen LogP contribution in [-0.2, 0) is 16.1 Å². The van der Waals surface area contributed by atoms with Crippen LogP contribution < -0.4 is 10.1 Å². The Morgan fingerprint density at radius 1 is 1.03 bits per heavy atom. The van der Waals surface area contributed by atoms with Gasteiger partial charge in [-0.2, -0.15) is 0 Å². The smallest absolute Gasteiger partial charge is 0.267 e. The number of ether oxygens (including phenoxy) is 1. The summed E-state index contributed by atoms with van der Waals surface area (Å²) in [5.74, 6) is -0.275. The largest absolute Gasteiger partial charge is 0.478 e. The molecule has 1 aromatic heterocycles. The number of para-hydroxylation sites is 1. The van der Waals surface area contributed by atoms with Crippen molar-refractivity contribution < 1.29 is 23.1 Å². The molecule has 0 atom stereocenters. The summed E-state index contributed by atoms with van der Waals surface area (Å²) in [6.07, 6.45) is 1.50. The summed E-state index contributed by atoms with van der Waals surface area (Å²) in [5, 5.41) is 2.77. The van der Waals surface area contributed by atoms with Gasteiger partial charge in [-0.25, -0.2) is 4.39 Å². The predicted octanol–water partition coefficient (Wildman–Crippen LogP) is 4.24. The van der Waals surface area contributed by atoms with Gasteiger partial charge in [0, 0.05) is 5.69 Å². The zero-order valence-corrected chi connectivity index (χ0v) is 16.8. The van der Waals surface area contributed by atoms with Gasteiger partial charge in [0.05, 0.1) is 12.8 Å². The molecule has 0 saturated heterocycles. The number of carbonyl (C=O) groups is 2. The van der Waals surface area contributed by atoms with Gasteiger partial charge in [0.2, 0.25) is 5.91 Å². The summed E-state index contributed by atoms with van der Waals surface area (Å²) >= 11 is 0. The maximum Gasteiger partial charge on any atom is 0.267 e. The van der Waals surface area contributed by atoms with E-state index < -0.39 is 17.3 Å². The number of amides is 2. The van der Waals surface area contributed by atoms with Crippen molar-refractivity contribution in [1.82, 2.24) is 4.90 Å². The van der Waals surface area contributed by atoms with Crippen LogP contribution in [0.2, 0.25) is 0 Å². The summed E-state index contributed by atoms with van der Waals surface area (Å²) in [7, 11) is 0. The minimum atomic E-state index is -1.29. The Labute approximate surface area is 174 Å². The molecule has 0 aliphatic carbocycles. The van der Waals surface area contributed by atoms with Crippen molar-refractivity contribution >= 4 is 17.5 Å². The van der Waals surface area contributed by atoms with E-state index in [2.05, 4.69) is 5.32 Å². The number of anilines is 1. The number of rotatable bonds is 8. The fourth-order valence-electron chi connectivity index (χ4n) is 2.91. The van der Waals surface area contributed by atoms with E-state index in [9.17, 15) is 14.0 Å². The Kier molecular flexibility index (Phi) is 6.51. The molecule has 1 heterocycles. The van der Waals surface area contributed by atoms with Crippen molar-refractivity contribution in [1.29, 1.82) is 0 Å². The molecule has 0 saturated carbocycles. The van der Waals surface area contributed by atoms with Gasteiger partial charge in [-0.3, -0.25) is 9.59 Å². The van der Waals surface area contributed by atoms with Gasteiger partial charge in [-0.05, 0) is 62.4 Å². The molecule has 0 unspecified atom stereocenters. The average molecular weight is 410 g/mol.